The number of carbonyl (C=O) groups is 4. The number of hydrogen-bond acceptors (Lipinski definition) is 9. The maximum Gasteiger partial charge on any atom is 0.290 e. The monoisotopic (exact) mass is 746 g/mol. The van der Waals surface area contributed by atoms with Crippen LogP contribution in [0.3, 0.4) is 0 Å². The highest BCUT2D eigenvalue weighted by Crippen LogP contribution is 2.37. The summed E-state index contributed by atoms with van der Waals surface area (Å²) in [5.41, 5.74) is 12.1. The summed E-state index contributed by atoms with van der Waals surface area (Å²) in [6, 6.07) is 18.3. The van der Waals surface area contributed by atoms with E-state index in [0.29, 0.717) is 43.0 Å². The second-order valence-corrected chi connectivity index (χ2v) is 15.1. The smallest absolute Gasteiger partial charge is 0.290 e. The lowest BCUT2D eigenvalue weighted by Gasteiger charge is -2.26. The highest BCUT2D eigenvalue weighted by molar-refractivity contribution is 6.03. The Morgan fingerprint density at radius 3 is 2.56 bits per heavy atom. The van der Waals surface area contributed by atoms with Gasteiger partial charge >= 0.3 is 0 Å². The van der Waals surface area contributed by atoms with E-state index in [0.717, 1.165) is 80.2 Å². The van der Waals surface area contributed by atoms with Crippen LogP contribution in [0.2, 0.25) is 0 Å². The Hall–Kier alpha value is -5.63. The number of fused-ring (bicyclic) bond motifs is 2. The summed E-state index contributed by atoms with van der Waals surface area (Å²) in [6.07, 6.45) is 9.68. The number of amides is 4. The normalized spacial score (nSPS) is 18.6. The van der Waals surface area contributed by atoms with Crippen LogP contribution < -0.4 is 26.6 Å². The number of unbranched alkanes of at least 4 members (excludes halogenated alkanes) is 5. The Balaban J connectivity index is 0.809. The topological polar surface area (TPSA) is 182 Å². The first kappa shape index (κ1) is 37.7. The maximum atomic E-state index is 13.0. The molecule has 55 heavy (non-hydrogen) atoms. The molecule has 288 valence electrons. The average Bonchev–Trinajstić information content (AvgIpc) is 3.89. The highest BCUT2D eigenvalue weighted by Gasteiger charge is 2.36. The molecule has 0 radical (unpaired) electrons. The van der Waals surface area contributed by atoms with Crippen molar-refractivity contribution < 1.29 is 19.2 Å². The zero-order valence-electron chi connectivity index (χ0n) is 31.6. The second kappa shape index (κ2) is 16.4. The summed E-state index contributed by atoms with van der Waals surface area (Å²) in [6.45, 7) is 4.94. The third-order valence-corrected chi connectivity index (χ3v) is 11.1. The van der Waals surface area contributed by atoms with Crippen molar-refractivity contribution in [2.75, 3.05) is 29.9 Å². The molecule has 1 unspecified atom stereocenters. The van der Waals surface area contributed by atoms with Gasteiger partial charge in [0.15, 0.2) is 5.65 Å². The van der Waals surface area contributed by atoms with Gasteiger partial charge in [-0.2, -0.15) is 5.10 Å². The number of pyridine rings is 1. The summed E-state index contributed by atoms with van der Waals surface area (Å²) in [5.74, 6) is -1.26. The van der Waals surface area contributed by atoms with Crippen LogP contribution in [0.4, 0.5) is 11.4 Å². The predicted molar refractivity (Wildman–Crippen MR) is 211 cm³/mol. The molecule has 3 aromatic heterocycles. The van der Waals surface area contributed by atoms with E-state index in [1.54, 1.807) is 16.2 Å². The Morgan fingerprint density at radius 1 is 1.00 bits per heavy atom. The van der Waals surface area contributed by atoms with Crippen LogP contribution in [0, 0.1) is 0 Å². The lowest BCUT2D eigenvalue weighted by Crippen LogP contribution is -2.39. The molecular formula is C41H50N10O4. The minimum absolute atomic E-state index is 0.0490. The zero-order chi connectivity index (χ0) is 38.5. The number of nitrogens with zero attached hydrogens (tertiary/aromatic N) is 6. The number of benzene rings is 2. The van der Waals surface area contributed by atoms with E-state index >= 15 is 0 Å². The van der Waals surface area contributed by atoms with Gasteiger partial charge in [-0.1, -0.05) is 62.9 Å². The van der Waals surface area contributed by atoms with Crippen molar-refractivity contribution in [3.8, 4) is 0 Å². The number of aryl methyl sites for hydroxylation is 1. The lowest BCUT2D eigenvalue weighted by atomic mass is 9.82. The van der Waals surface area contributed by atoms with Gasteiger partial charge in [-0.05, 0) is 55.5 Å². The van der Waals surface area contributed by atoms with E-state index in [2.05, 4.69) is 73.3 Å². The highest BCUT2D eigenvalue weighted by atomic mass is 16.2. The van der Waals surface area contributed by atoms with Gasteiger partial charge < -0.3 is 21.3 Å². The summed E-state index contributed by atoms with van der Waals surface area (Å²) in [4.78, 5) is 56.5. The molecule has 14 heteroatoms. The molecule has 4 amide bonds. The van der Waals surface area contributed by atoms with Crippen molar-refractivity contribution in [1.29, 1.82) is 0 Å². The molecule has 14 nitrogen and oxygen atoms in total. The van der Waals surface area contributed by atoms with Gasteiger partial charge in [0.1, 0.15) is 0 Å². The number of piperidine rings is 1. The third-order valence-electron chi connectivity index (χ3n) is 11.1. The number of nitrogens with two attached hydrogens (primary N) is 1. The number of hydrogen-bond donors (Lipinski definition) is 4. The Morgan fingerprint density at radius 2 is 1.78 bits per heavy atom. The minimum atomic E-state index is -0.473. The van der Waals surface area contributed by atoms with Crippen molar-refractivity contribution in [1.82, 2.24) is 35.0 Å². The van der Waals surface area contributed by atoms with Crippen molar-refractivity contribution in [3.63, 3.8) is 0 Å². The molecule has 0 spiro atoms. The number of anilines is 2. The van der Waals surface area contributed by atoms with Gasteiger partial charge in [-0.25, -0.2) is 9.50 Å². The van der Waals surface area contributed by atoms with Gasteiger partial charge in [0.25, 0.3) is 5.91 Å². The van der Waals surface area contributed by atoms with Crippen LogP contribution in [0.5, 0.6) is 0 Å². The van der Waals surface area contributed by atoms with Gasteiger partial charge in [-0.3, -0.25) is 29.2 Å². The number of carbonyl (C=O) groups excluding carboxylic acids is 4. The first-order valence-electron chi connectivity index (χ1n) is 19.4. The van der Waals surface area contributed by atoms with E-state index in [1.165, 1.54) is 5.56 Å². The average molecular weight is 747 g/mol. The van der Waals surface area contributed by atoms with E-state index in [4.69, 9.17) is 5.73 Å². The van der Waals surface area contributed by atoms with E-state index < -0.39 is 5.92 Å². The minimum Gasteiger partial charge on any atom is -0.369 e. The van der Waals surface area contributed by atoms with Gasteiger partial charge in [0.05, 0.1) is 29.0 Å². The van der Waals surface area contributed by atoms with Crippen molar-refractivity contribution in [3.05, 3.63) is 83.4 Å². The third kappa shape index (κ3) is 8.39. The molecule has 0 bridgehead atoms. The van der Waals surface area contributed by atoms with E-state index in [1.807, 2.05) is 30.5 Å². The van der Waals surface area contributed by atoms with E-state index in [-0.39, 0.29) is 41.3 Å². The molecule has 2 saturated heterocycles. The van der Waals surface area contributed by atoms with Crippen LogP contribution in [-0.4, -0.2) is 67.6 Å². The standard InChI is InChI=1S/C41H50N10O4/c1-41(28-12-8-7-9-13-28)19-21-50(26-41)30-22-27(24-42)38-46-37(48-51(38)25-30)40(55)43-20-11-6-4-3-5-10-14-34(52)44-29-15-16-31-33(23-29)49(2)47-36(31)32-17-18-35(53)45-39(32)54/h7-9,12-13,15-16,22-23,25,32H,3-6,10-11,14,17-21,24,26,42H2,1-2H3,(H,43,55)(H,44,52)(H,45,53,54)/t32?,41-/m0/s1. The fraction of sp³-hybridized carbons (Fsp3) is 0.439. The van der Waals surface area contributed by atoms with Gasteiger partial charge in [-0.15, -0.1) is 5.10 Å². The Bertz CT molecular complexity index is 2210. The first-order chi connectivity index (χ1) is 26.6. The van der Waals surface area contributed by atoms with Crippen molar-refractivity contribution in [2.45, 2.75) is 89.0 Å². The molecule has 2 aromatic carbocycles. The number of imide groups is 1. The molecule has 7 rings (SSSR count). The molecule has 2 aliphatic heterocycles. The fourth-order valence-electron chi connectivity index (χ4n) is 7.91. The van der Waals surface area contributed by atoms with Crippen LogP contribution in [0.15, 0.2) is 60.8 Å². The molecule has 5 aromatic rings. The molecule has 0 aliphatic carbocycles. The van der Waals surface area contributed by atoms with Gasteiger partial charge in [0, 0.05) is 68.1 Å². The van der Waals surface area contributed by atoms with Crippen LogP contribution in [0.1, 0.15) is 104 Å². The Kier molecular flexibility index (Phi) is 11.2. The summed E-state index contributed by atoms with van der Waals surface area (Å²) in [5, 5.41) is 18.3. The SMILES string of the molecule is Cn1nc(C2CCC(=O)NC2=O)c2ccc(NC(=O)CCCCCCCCNC(=O)c3nc4c(CN)cc(N5CC[C@](C)(c6ccccc6)C5)cn4n3)cc21. The molecule has 2 aliphatic rings. The van der Waals surface area contributed by atoms with Crippen LogP contribution >= 0.6 is 0 Å². The molecule has 2 atom stereocenters. The maximum absolute atomic E-state index is 13.0. The molecule has 2 fully saturated rings. The van der Waals surface area contributed by atoms with Crippen LogP contribution in [0.25, 0.3) is 16.6 Å². The summed E-state index contributed by atoms with van der Waals surface area (Å²) in [7, 11) is 1.80. The zero-order valence-corrected chi connectivity index (χ0v) is 31.6. The predicted octanol–water partition coefficient (Wildman–Crippen LogP) is 4.86. The first-order valence-corrected chi connectivity index (χ1v) is 19.4. The number of rotatable bonds is 15. The van der Waals surface area contributed by atoms with Gasteiger partial charge in [0.2, 0.25) is 23.5 Å². The molecule has 5 N–H and O–H groups in total. The van der Waals surface area contributed by atoms with E-state index in [9.17, 15) is 19.2 Å². The molecular weight excluding hydrogens is 697 g/mol. The molecule has 0 saturated carbocycles. The largest absolute Gasteiger partial charge is 0.369 e. The van der Waals surface area contributed by atoms with Crippen molar-refractivity contribution in [2.24, 2.45) is 12.8 Å². The Labute approximate surface area is 320 Å². The fourth-order valence-corrected chi connectivity index (χ4v) is 7.91. The summed E-state index contributed by atoms with van der Waals surface area (Å²) >= 11 is 0. The van der Waals surface area contributed by atoms with Crippen LogP contribution in [-0.2, 0) is 33.4 Å². The van der Waals surface area contributed by atoms with Crippen molar-refractivity contribution >= 4 is 51.6 Å². The summed E-state index contributed by atoms with van der Waals surface area (Å²) < 4.78 is 3.39. The number of nitrogens with one attached hydrogen (secondary N) is 3. The second-order valence-electron chi connectivity index (χ2n) is 15.1. The quantitative estimate of drug-likeness (QED) is 0.0859. The number of aromatic nitrogens is 5. The lowest BCUT2D eigenvalue weighted by molar-refractivity contribution is -0.134. The molecule has 5 heterocycles.